The lowest BCUT2D eigenvalue weighted by atomic mass is 9.95. The van der Waals surface area contributed by atoms with E-state index in [0.717, 1.165) is 47.8 Å². The van der Waals surface area contributed by atoms with Gasteiger partial charge in [0.2, 0.25) is 15.9 Å². The van der Waals surface area contributed by atoms with Gasteiger partial charge in [-0.1, -0.05) is 26.7 Å². The molecule has 0 aliphatic carbocycles. The quantitative estimate of drug-likeness (QED) is 0.457. The highest BCUT2D eigenvalue weighted by Crippen LogP contribution is 2.32. The van der Waals surface area contributed by atoms with Crippen LogP contribution in [0.4, 0.5) is 5.69 Å². The molecule has 7 nitrogen and oxygen atoms in total. The minimum atomic E-state index is -3.65. The Morgan fingerprint density at radius 1 is 1.11 bits per heavy atom. The zero-order valence-corrected chi connectivity index (χ0v) is 21.7. The largest absolute Gasteiger partial charge is 0.495 e. The first-order valence-electron chi connectivity index (χ1n) is 12.2. The van der Waals surface area contributed by atoms with E-state index in [2.05, 4.69) is 32.2 Å². The van der Waals surface area contributed by atoms with Gasteiger partial charge in [-0.15, -0.1) is 0 Å². The maximum absolute atomic E-state index is 13.3. The molecule has 1 aromatic heterocycles. The molecule has 3 aromatic rings. The van der Waals surface area contributed by atoms with Crippen molar-refractivity contribution >= 4 is 32.6 Å². The van der Waals surface area contributed by atoms with Crippen molar-refractivity contribution in [2.75, 3.05) is 25.5 Å². The molecule has 0 saturated carbocycles. The van der Waals surface area contributed by atoms with Crippen LogP contribution in [0.1, 0.15) is 62.1 Å². The number of ether oxygens (including phenoxy) is 1. The summed E-state index contributed by atoms with van der Waals surface area (Å²) in [6.07, 6.45) is 5.50. The van der Waals surface area contributed by atoms with Crippen molar-refractivity contribution in [2.24, 2.45) is 0 Å². The number of fused-ring (bicyclic) bond motifs is 1. The summed E-state index contributed by atoms with van der Waals surface area (Å²) in [6, 6.07) is 8.71. The number of nitrogens with zero attached hydrogens (tertiary/aromatic N) is 1. The molecule has 1 aliphatic rings. The van der Waals surface area contributed by atoms with Gasteiger partial charge >= 0.3 is 0 Å². The number of carbonyl (C=O) groups excluding carboxylic acids is 1. The van der Waals surface area contributed by atoms with Crippen LogP contribution < -0.4 is 10.1 Å². The smallest absolute Gasteiger partial charge is 0.243 e. The molecule has 1 fully saturated rings. The van der Waals surface area contributed by atoms with E-state index < -0.39 is 10.0 Å². The molecule has 1 N–H and O–H groups in total. The summed E-state index contributed by atoms with van der Waals surface area (Å²) in [5, 5.41) is 3.77. The number of carbonyl (C=O) groups is 1. The van der Waals surface area contributed by atoms with Gasteiger partial charge in [-0.05, 0) is 67.1 Å². The summed E-state index contributed by atoms with van der Waals surface area (Å²) in [5.74, 6) is 0.485. The minimum Gasteiger partial charge on any atom is -0.495 e. The topological polar surface area (TPSA) is 88.9 Å². The molecule has 188 valence electrons. The van der Waals surface area contributed by atoms with Crippen LogP contribution >= 0.6 is 0 Å². The Hall–Kier alpha value is -2.84. The maximum Gasteiger partial charge on any atom is 0.243 e. The van der Waals surface area contributed by atoms with E-state index in [1.807, 2.05) is 6.07 Å². The monoisotopic (exact) mass is 498 g/mol. The number of anilines is 1. The molecule has 0 radical (unpaired) electrons. The average Bonchev–Trinajstić information content (AvgIpc) is 3.01. The molecular formula is C27H34N2O5S. The molecule has 1 amide bonds. The third-order valence-electron chi connectivity index (χ3n) is 6.66. The van der Waals surface area contributed by atoms with Gasteiger partial charge in [0, 0.05) is 24.0 Å². The molecular weight excluding hydrogens is 464 g/mol. The van der Waals surface area contributed by atoms with Crippen molar-refractivity contribution < 1.29 is 22.4 Å². The Morgan fingerprint density at radius 2 is 1.83 bits per heavy atom. The van der Waals surface area contributed by atoms with Crippen LogP contribution in [0.25, 0.3) is 11.0 Å². The van der Waals surface area contributed by atoms with Gasteiger partial charge in [0.05, 0.1) is 30.4 Å². The van der Waals surface area contributed by atoms with E-state index in [1.54, 1.807) is 16.6 Å². The summed E-state index contributed by atoms with van der Waals surface area (Å²) in [7, 11) is -2.16. The molecule has 0 bridgehead atoms. The van der Waals surface area contributed by atoms with Gasteiger partial charge in [0.15, 0.2) is 0 Å². The summed E-state index contributed by atoms with van der Waals surface area (Å²) >= 11 is 0. The van der Waals surface area contributed by atoms with Gasteiger partial charge < -0.3 is 14.5 Å². The summed E-state index contributed by atoms with van der Waals surface area (Å²) in [4.78, 5) is 13.2. The highest BCUT2D eigenvalue weighted by molar-refractivity contribution is 7.89. The Morgan fingerprint density at radius 3 is 2.49 bits per heavy atom. The molecule has 4 rings (SSSR count). The Balaban J connectivity index is 1.58. The van der Waals surface area contributed by atoms with Crippen LogP contribution in [0.15, 0.2) is 45.9 Å². The van der Waals surface area contributed by atoms with Crippen molar-refractivity contribution in [1.29, 1.82) is 0 Å². The Kier molecular flexibility index (Phi) is 7.52. The van der Waals surface area contributed by atoms with Crippen molar-refractivity contribution in [3.63, 3.8) is 0 Å². The van der Waals surface area contributed by atoms with Crippen molar-refractivity contribution in [1.82, 2.24) is 4.31 Å². The number of aryl methyl sites for hydroxylation is 1. The fourth-order valence-corrected chi connectivity index (χ4v) is 6.29. The molecule has 0 unspecified atom stereocenters. The van der Waals surface area contributed by atoms with E-state index in [1.165, 1.54) is 24.8 Å². The number of nitrogens with one attached hydrogen (secondary N) is 1. The van der Waals surface area contributed by atoms with E-state index in [0.29, 0.717) is 30.4 Å². The molecule has 2 aromatic carbocycles. The Labute approximate surface area is 207 Å². The molecule has 0 atom stereocenters. The third kappa shape index (κ3) is 5.38. The van der Waals surface area contributed by atoms with Crippen molar-refractivity contribution in [3.05, 3.63) is 53.3 Å². The minimum absolute atomic E-state index is 0.0971. The SMILES string of the molecule is COc1ccc(S(=O)(=O)N2CCCCCC2)cc1NC(=O)Cc1coc2cc(C)c(C(C)C)cc12. The predicted molar refractivity (Wildman–Crippen MR) is 138 cm³/mol. The number of amides is 1. The highest BCUT2D eigenvalue weighted by atomic mass is 32.2. The first-order chi connectivity index (χ1) is 16.7. The van der Waals surface area contributed by atoms with Crippen molar-refractivity contribution in [2.45, 2.75) is 63.7 Å². The van der Waals surface area contributed by atoms with E-state index >= 15 is 0 Å². The van der Waals surface area contributed by atoms with E-state index in [-0.39, 0.29) is 17.2 Å². The normalized spacial score (nSPS) is 15.3. The summed E-state index contributed by atoms with van der Waals surface area (Å²) < 4.78 is 39.2. The number of sulfonamides is 1. The predicted octanol–water partition coefficient (Wildman–Crippen LogP) is 5.62. The third-order valence-corrected chi connectivity index (χ3v) is 8.56. The number of benzene rings is 2. The number of furan rings is 1. The summed E-state index contributed by atoms with van der Waals surface area (Å²) in [5.41, 5.74) is 4.24. The zero-order valence-electron chi connectivity index (χ0n) is 20.9. The zero-order chi connectivity index (χ0) is 25.2. The highest BCUT2D eigenvalue weighted by Gasteiger charge is 2.26. The van der Waals surface area contributed by atoms with E-state index in [9.17, 15) is 13.2 Å². The number of hydrogen-bond donors (Lipinski definition) is 1. The second-order valence-corrected chi connectivity index (χ2v) is 11.5. The van der Waals surface area contributed by atoms with Crippen LogP contribution in [0, 0.1) is 6.92 Å². The Bertz CT molecular complexity index is 1320. The van der Waals surface area contributed by atoms with E-state index in [4.69, 9.17) is 9.15 Å². The number of hydrogen-bond acceptors (Lipinski definition) is 5. The molecule has 1 aliphatic heterocycles. The molecule has 0 spiro atoms. The summed E-state index contributed by atoms with van der Waals surface area (Å²) in [6.45, 7) is 7.37. The first-order valence-corrected chi connectivity index (χ1v) is 13.6. The lowest BCUT2D eigenvalue weighted by Crippen LogP contribution is -2.32. The number of rotatable bonds is 7. The second-order valence-electron chi connectivity index (χ2n) is 9.53. The van der Waals surface area contributed by atoms with Crippen molar-refractivity contribution in [3.8, 4) is 5.75 Å². The molecule has 35 heavy (non-hydrogen) atoms. The fraction of sp³-hybridized carbons (Fsp3) is 0.444. The van der Waals surface area contributed by atoms with Crippen LogP contribution in [-0.2, 0) is 21.2 Å². The number of methoxy groups -OCH3 is 1. The lowest BCUT2D eigenvalue weighted by molar-refractivity contribution is -0.115. The van der Waals surface area contributed by atoms with Crippen LogP contribution in [-0.4, -0.2) is 38.8 Å². The fourth-order valence-electron chi connectivity index (χ4n) is 4.75. The van der Waals surface area contributed by atoms with Crippen LogP contribution in [0.5, 0.6) is 5.75 Å². The van der Waals surface area contributed by atoms with Gasteiger partial charge in [0.25, 0.3) is 0 Å². The molecule has 2 heterocycles. The lowest BCUT2D eigenvalue weighted by Gasteiger charge is -2.21. The molecule has 1 saturated heterocycles. The first kappa shape index (κ1) is 25.3. The van der Waals surface area contributed by atoms with Gasteiger partial charge in [-0.25, -0.2) is 8.42 Å². The van der Waals surface area contributed by atoms with Gasteiger partial charge in [0.1, 0.15) is 11.3 Å². The van der Waals surface area contributed by atoms with Crippen LogP contribution in [0.3, 0.4) is 0 Å². The molecule has 8 heteroatoms. The standard InChI is InChI=1S/C27H34N2O5S/c1-18(2)22-16-23-20(17-34-26(23)13-19(22)3)14-27(30)28-24-15-21(9-10-25(24)33-4)35(31,32)29-11-7-5-6-8-12-29/h9-10,13,15-18H,5-8,11-12,14H2,1-4H3,(H,28,30). The maximum atomic E-state index is 13.3. The van der Waals surface area contributed by atoms with Gasteiger partial charge in [-0.3, -0.25) is 4.79 Å². The van der Waals surface area contributed by atoms with Crippen LogP contribution in [0.2, 0.25) is 0 Å². The van der Waals surface area contributed by atoms with Gasteiger partial charge in [-0.2, -0.15) is 4.31 Å². The average molecular weight is 499 g/mol. The second kappa shape index (κ2) is 10.4.